The first kappa shape index (κ1) is 27.7. The van der Waals surface area contributed by atoms with Gasteiger partial charge in [0, 0.05) is 5.56 Å². The highest BCUT2D eigenvalue weighted by Gasteiger charge is 2.10. The van der Waals surface area contributed by atoms with Crippen molar-refractivity contribution >= 4 is 17.8 Å². The second-order valence-corrected chi connectivity index (χ2v) is 8.82. The molecule has 0 aliphatic carbocycles. The summed E-state index contributed by atoms with van der Waals surface area (Å²) in [7, 11) is 0. The number of benzene rings is 3. The first-order valence-corrected chi connectivity index (χ1v) is 13.1. The van der Waals surface area contributed by atoms with Crippen LogP contribution in [0.15, 0.2) is 78.9 Å². The van der Waals surface area contributed by atoms with Gasteiger partial charge < -0.3 is 14.2 Å². The third kappa shape index (κ3) is 9.60. The zero-order valence-electron chi connectivity index (χ0n) is 21.8. The van der Waals surface area contributed by atoms with Crippen LogP contribution in [0.25, 0.3) is 6.08 Å². The smallest absolute Gasteiger partial charge is 0.343 e. The molecule has 0 saturated heterocycles. The quantitative estimate of drug-likeness (QED) is 0.0697. The van der Waals surface area contributed by atoms with E-state index in [9.17, 15) is 9.59 Å². The molecule has 0 unspecified atom stereocenters. The van der Waals surface area contributed by atoms with Crippen LogP contribution in [0, 0.1) is 0 Å². The Balaban J connectivity index is 1.47. The van der Waals surface area contributed by atoms with E-state index in [0.29, 0.717) is 23.5 Å². The van der Waals surface area contributed by atoms with Crippen molar-refractivity contribution in [2.24, 2.45) is 0 Å². The number of hydrogen-bond donors (Lipinski definition) is 0. The van der Waals surface area contributed by atoms with E-state index in [0.717, 1.165) is 42.9 Å². The number of carbonyl (C=O) groups is 2. The highest BCUT2D eigenvalue weighted by molar-refractivity contribution is 6.06. The summed E-state index contributed by atoms with van der Waals surface area (Å²) < 4.78 is 16.8. The predicted molar refractivity (Wildman–Crippen MR) is 148 cm³/mol. The molecular weight excluding hydrogens is 464 g/mol. The van der Waals surface area contributed by atoms with Crippen molar-refractivity contribution in [1.29, 1.82) is 0 Å². The molecule has 0 heterocycles. The molecule has 0 spiro atoms. The number of rotatable bonds is 15. The summed E-state index contributed by atoms with van der Waals surface area (Å²) >= 11 is 0. The number of esters is 1. The van der Waals surface area contributed by atoms with Gasteiger partial charge in [0.05, 0.1) is 18.8 Å². The molecule has 3 aromatic carbocycles. The average Bonchev–Trinajstić information content (AvgIpc) is 2.93. The van der Waals surface area contributed by atoms with Crippen molar-refractivity contribution in [3.05, 3.63) is 95.6 Å². The Morgan fingerprint density at radius 3 is 1.78 bits per heavy atom. The van der Waals surface area contributed by atoms with Crippen LogP contribution in [-0.4, -0.2) is 25.0 Å². The molecule has 3 rings (SSSR count). The normalized spacial score (nSPS) is 10.9. The molecule has 0 atom stereocenters. The maximum atomic E-state index is 12.6. The van der Waals surface area contributed by atoms with Crippen LogP contribution in [0.1, 0.15) is 78.7 Å². The van der Waals surface area contributed by atoms with Crippen LogP contribution in [0.4, 0.5) is 0 Å². The Morgan fingerprint density at radius 2 is 1.16 bits per heavy atom. The molecule has 0 bridgehead atoms. The summed E-state index contributed by atoms with van der Waals surface area (Å²) in [6, 6.07) is 21.1. The summed E-state index contributed by atoms with van der Waals surface area (Å²) in [5.41, 5.74) is 1.86. The van der Waals surface area contributed by atoms with Gasteiger partial charge in [-0.2, -0.15) is 0 Å². The first-order chi connectivity index (χ1) is 18.1. The monoisotopic (exact) mass is 500 g/mol. The Labute approximate surface area is 220 Å². The maximum absolute atomic E-state index is 12.6. The Morgan fingerprint density at radius 1 is 0.622 bits per heavy atom. The molecule has 0 aromatic heterocycles. The van der Waals surface area contributed by atoms with Crippen LogP contribution >= 0.6 is 0 Å². The van der Waals surface area contributed by atoms with Gasteiger partial charge in [0.15, 0.2) is 5.78 Å². The fraction of sp³-hybridized carbons (Fsp3) is 0.312. The van der Waals surface area contributed by atoms with E-state index in [-0.39, 0.29) is 5.78 Å². The lowest BCUT2D eigenvalue weighted by atomic mass is 10.1. The van der Waals surface area contributed by atoms with Crippen molar-refractivity contribution in [1.82, 2.24) is 0 Å². The second-order valence-electron chi connectivity index (χ2n) is 8.82. The number of unbranched alkanes of at least 4 members (excludes halogenated alkanes) is 4. The molecule has 0 N–H and O–H groups in total. The van der Waals surface area contributed by atoms with E-state index in [1.165, 1.54) is 25.3 Å². The first-order valence-electron chi connectivity index (χ1n) is 13.1. The van der Waals surface area contributed by atoms with Gasteiger partial charge >= 0.3 is 5.97 Å². The number of ketones is 1. The van der Waals surface area contributed by atoms with Crippen LogP contribution < -0.4 is 14.2 Å². The van der Waals surface area contributed by atoms with E-state index in [4.69, 9.17) is 14.2 Å². The fourth-order valence-electron chi connectivity index (χ4n) is 3.54. The third-order valence-electron chi connectivity index (χ3n) is 5.78. The van der Waals surface area contributed by atoms with Gasteiger partial charge in [-0.1, -0.05) is 57.7 Å². The molecule has 0 radical (unpaired) electrons. The second kappa shape index (κ2) is 15.3. The molecule has 194 valence electrons. The van der Waals surface area contributed by atoms with Crippen molar-refractivity contribution < 1.29 is 23.8 Å². The third-order valence-corrected chi connectivity index (χ3v) is 5.78. The highest BCUT2D eigenvalue weighted by atomic mass is 16.5. The van der Waals surface area contributed by atoms with Crippen molar-refractivity contribution in [2.75, 3.05) is 13.2 Å². The van der Waals surface area contributed by atoms with Gasteiger partial charge in [0.1, 0.15) is 17.2 Å². The average molecular weight is 501 g/mol. The number of allylic oxidation sites excluding steroid dienone is 1. The van der Waals surface area contributed by atoms with Gasteiger partial charge in [-0.3, -0.25) is 4.79 Å². The van der Waals surface area contributed by atoms with Gasteiger partial charge in [0.2, 0.25) is 0 Å². The molecular formula is C32H36O5. The number of ether oxygens (including phenoxy) is 3. The highest BCUT2D eigenvalue weighted by Crippen LogP contribution is 2.18. The Kier molecular flexibility index (Phi) is 11.5. The van der Waals surface area contributed by atoms with E-state index < -0.39 is 5.97 Å². The molecule has 0 aliphatic rings. The lowest BCUT2D eigenvalue weighted by molar-refractivity contribution is 0.0734. The van der Waals surface area contributed by atoms with E-state index in [2.05, 4.69) is 13.8 Å². The Hall–Kier alpha value is -3.86. The van der Waals surface area contributed by atoms with E-state index in [1.807, 2.05) is 24.3 Å². The number of carbonyl (C=O) groups excluding carboxylic acids is 2. The lowest BCUT2D eigenvalue weighted by Gasteiger charge is -2.07. The van der Waals surface area contributed by atoms with E-state index >= 15 is 0 Å². The summed E-state index contributed by atoms with van der Waals surface area (Å²) in [6.07, 6.45) is 10.0. The molecule has 0 aliphatic heterocycles. The summed E-state index contributed by atoms with van der Waals surface area (Å²) in [5.74, 6) is 1.34. The van der Waals surface area contributed by atoms with Gasteiger partial charge in [-0.15, -0.1) is 0 Å². The summed E-state index contributed by atoms with van der Waals surface area (Å²) in [5, 5.41) is 0. The van der Waals surface area contributed by atoms with Crippen LogP contribution in [0.5, 0.6) is 17.2 Å². The van der Waals surface area contributed by atoms with E-state index in [1.54, 1.807) is 54.6 Å². The standard InChI is InChI=1S/C32H36O5/c1-3-5-7-8-24-36-28-16-9-25(10-17-28)11-22-31(33)26-12-20-30(21-13-26)37-32(34)27-14-18-29(19-15-27)35-23-6-4-2/h9-22H,3-8,23-24H2,1-2H3/b22-11+. The molecule has 5 heteroatoms. The maximum Gasteiger partial charge on any atom is 0.343 e. The topological polar surface area (TPSA) is 61.8 Å². The van der Waals surface area contributed by atoms with Crippen molar-refractivity contribution in [3.63, 3.8) is 0 Å². The van der Waals surface area contributed by atoms with Crippen molar-refractivity contribution in [2.45, 2.75) is 52.4 Å². The predicted octanol–water partition coefficient (Wildman–Crippen LogP) is 7.94. The van der Waals surface area contributed by atoms with Gasteiger partial charge in [0.25, 0.3) is 0 Å². The van der Waals surface area contributed by atoms with Gasteiger partial charge in [-0.05, 0) is 85.1 Å². The summed E-state index contributed by atoms with van der Waals surface area (Å²) in [6.45, 7) is 5.67. The van der Waals surface area contributed by atoms with Gasteiger partial charge in [-0.25, -0.2) is 4.79 Å². The SMILES string of the molecule is CCCCCCOc1ccc(/C=C/C(=O)c2ccc(OC(=O)c3ccc(OCCCC)cc3)cc2)cc1. The Bertz CT molecular complexity index is 1130. The minimum absolute atomic E-state index is 0.132. The molecule has 0 amide bonds. The van der Waals surface area contributed by atoms with Crippen LogP contribution in [0.3, 0.4) is 0 Å². The molecule has 0 fully saturated rings. The van der Waals surface area contributed by atoms with Crippen LogP contribution in [0.2, 0.25) is 0 Å². The minimum Gasteiger partial charge on any atom is -0.494 e. The minimum atomic E-state index is -0.465. The largest absolute Gasteiger partial charge is 0.494 e. The van der Waals surface area contributed by atoms with Crippen LogP contribution in [-0.2, 0) is 0 Å². The lowest BCUT2D eigenvalue weighted by Crippen LogP contribution is -2.08. The number of hydrogen-bond acceptors (Lipinski definition) is 5. The van der Waals surface area contributed by atoms with Crippen molar-refractivity contribution in [3.8, 4) is 17.2 Å². The zero-order valence-corrected chi connectivity index (χ0v) is 21.8. The molecule has 37 heavy (non-hydrogen) atoms. The molecule has 3 aromatic rings. The zero-order chi connectivity index (χ0) is 26.3. The molecule has 0 saturated carbocycles. The fourth-order valence-corrected chi connectivity index (χ4v) is 3.54. The summed E-state index contributed by atoms with van der Waals surface area (Å²) in [4.78, 5) is 25.0. The molecule has 5 nitrogen and oxygen atoms in total.